The van der Waals surface area contributed by atoms with Crippen molar-refractivity contribution >= 4 is 28.4 Å². The van der Waals surface area contributed by atoms with Gasteiger partial charge >= 0.3 is 0 Å². The Morgan fingerprint density at radius 3 is 2.68 bits per heavy atom. The molecule has 28 heavy (non-hydrogen) atoms. The van der Waals surface area contributed by atoms with E-state index < -0.39 is 0 Å². The second-order valence-electron chi connectivity index (χ2n) is 6.78. The van der Waals surface area contributed by atoms with Gasteiger partial charge in [-0.05, 0) is 73.5 Å². The van der Waals surface area contributed by atoms with Gasteiger partial charge in [-0.3, -0.25) is 4.79 Å². The Labute approximate surface area is 168 Å². The highest BCUT2D eigenvalue weighted by molar-refractivity contribution is 6.30. The Balaban J connectivity index is 1.56. The molecule has 0 aliphatic rings. The number of pyridine rings is 1. The normalized spacial score (nSPS) is 11.0. The van der Waals surface area contributed by atoms with Crippen LogP contribution in [0.3, 0.4) is 0 Å². The fourth-order valence-corrected chi connectivity index (χ4v) is 3.35. The first-order valence-electron chi connectivity index (χ1n) is 9.00. The Morgan fingerprint density at radius 2 is 1.93 bits per heavy atom. The summed E-state index contributed by atoms with van der Waals surface area (Å²) in [6.07, 6.45) is 0. The lowest BCUT2D eigenvalue weighted by molar-refractivity contribution is 0.0951. The Bertz CT molecular complexity index is 1180. The minimum atomic E-state index is -0.152. The fraction of sp³-hybridized carbons (Fsp3) is 0.130. The van der Waals surface area contributed by atoms with Gasteiger partial charge in [-0.1, -0.05) is 23.7 Å². The van der Waals surface area contributed by atoms with Gasteiger partial charge in [-0.25, -0.2) is 4.98 Å². The third-order valence-electron chi connectivity index (χ3n) is 4.61. The Morgan fingerprint density at radius 1 is 1.07 bits per heavy atom. The van der Waals surface area contributed by atoms with E-state index in [2.05, 4.69) is 18.3 Å². The summed E-state index contributed by atoms with van der Waals surface area (Å²) in [5, 5.41) is 4.53. The van der Waals surface area contributed by atoms with E-state index in [-0.39, 0.29) is 5.91 Å². The standard InChI is InChI=1S/C23H19ClN2O2/c1-14-10-21(22-9-6-15(2)28-22)26-20-8-7-16(11-19(14)20)13-25-23(27)17-4-3-5-18(24)12-17/h3-12H,13H2,1-2H3,(H,25,27). The van der Waals surface area contributed by atoms with Gasteiger partial charge in [0, 0.05) is 22.5 Å². The van der Waals surface area contributed by atoms with Crippen LogP contribution >= 0.6 is 11.6 Å². The summed E-state index contributed by atoms with van der Waals surface area (Å²) in [6.45, 7) is 4.40. The molecule has 0 bridgehead atoms. The Hall–Kier alpha value is -3.11. The topological polar surface area (TPSA) is 55.1 Å². The molecular formula is C23H19ClN2O2. The third-order valence-corrected chi connectivity index (χ3v) is 4.85. The first kappa shape index (κ1) is 18.3. The average Bonchev–Trinajstić information content (AvgIpc) is 3.12. The van der Waals surface area contributed by atoms with Crippen LogP contribution in [0.15, 0.2) is 65.1 Å². The van der Waals surface area contributed by atoms with Crippen molar-refractivity contribution in [3.63, 3.8) is 0 Å². The van der Waals surface area contributed by atoms with Crippen LogP contribution in [0.2, 0.25) is 5.02 Å². The largest absolute Gasteiger partial charge is 0.460 e. The Kier molecular flexibility index (Phi) is 4.88. The maximum Gasteiger partial charge on any atom is 0.251 e. The van der Waals surface area contributed by atoms with Crippen LogP contribution in [0.1, 0.15) is 27.2 Å². The van der Waals surface area contributed by atoms with Gasteiger partial charge in [-0.15, -0.1) is 0 Å². The molecule has 0 fully saturated rings. The van der Waals surface area contributed by atoms with Crippen molar-refractivity contribution in [3.05, 3.63) is 88.1 Å². The zero-order chi connectivity index (χ0) is 19.7. The quantitative estimate of drug-likeness (QED) is 0.486. The van der Waals surface area contributed by atoms with E-state index in [9.17, 15) is 4.79 Å². The van der Waals surface area contributed by atoms with Crippen molar-refractivity contribution in [2.45, 2.75) is 20.4 Å². The van der Waals surface area contributed by atoms with Crippen LogP contribution < -0.4 is 5.32 Å². The number of rotatable bonds is 4. The zero-order valence-corrected chi connectivity index (χ0v) is 16.4. The number of carbonyl (C=O) groups is 1. The summed E-state index contributed by atoms with van der Waals surface area (Å²) < 4.78 is 5.69. The predicted molar refractivity (Wildman–Crippen MR) is 112 cm³/mol. The molecule has 140 valence electrons. The molecule has 4 rings (SSSR count). The van der Waals surface area contributed by atoms with Crippen LogP contribution in [0.4, 0.5) is 0 Å². The number of furan rings is 1. The molecule has 0 atom stereocenters. The number of benzene rings is 2. The van der Waals surface area contributed by atoms with Crippen LogP contribution in [0.5, 0.6) is 0 Å². The second-order valence-corrected chi connectivity index (χ2v) is 7.22. The lowest BCUT2D eigenvalue weighted by Crippen LogP contribution is -2.22. The number of nitrogens with one attached hydrogen (secondary N) is 1. The zero-order valence-electron chi connectivity index (χ0n) is 15.6. The second kappa shape index (κ2) is 7.49. The van der Waals surface area contributed by atoms with Crippen LogP contribution in [0, 0.1) is 13.8 Å². The van der Waals surface area contributed by atoms with Gasteiger partial charge in [0.15, 0.2) is 5.76 Å². The third kappa shape index (κ3) is 3.78. The first-order valence-corrected chi connectivity index (χ1v) is 9.38. The van der Waals surface area contributed by atoms with Crippen LogP contribution in [-0.4, -0.2) is 10.9 Å². The number of hydrogen-bond donors (Lipinski definition) is 1. The monoisotopic (exact) mass is 390 g/mol. The van der Waals surface area contributed by atoms with E-state index in [1.165, 1.54) is 0 Å². The summed E-state index contributed by atoms with van der Waals surface area (Å²) in [5.41, 5.74) is 4.38. The SMILES string of the molecule is Cc1ccc(-c2cc(C)c3cc(CNC(=O)c4cccc(Cl)c4)ccc3n2)o1. The summed E-state index contributed by atoms with van der Waals surface area (Å²) in [6, 6.07) is 18.8. The minimum Gasteiger partial charge on any atom is -0.460 e. The molecule has 4 nitrogen and oxygen atoms in total. The molecule has 2 heterocycles. The van der Waals surface area contributed by atoms with Crippen molar-refractivity contribution in [3.8, 4) is 11.5 Å². The van der Waals surface area contributed by atoms with Crippen LogP contribution in [0.25, 0.3) is 22.4 Å². The molecule has 2 aromatic heterocycles. The highest BCUT2D eigenvalue weighted by atomic mass is 35.5. The highest BCUT2D eigenvalue weighted by Crippen LogP contribution is 2.26. The minimum absolute atomic E-state index is 0.152. The van der Waals surface area contributed by atoms with E-state index in [1.54, 1.807) is 24.3 Å². The molecule has 1 N–H and O–H groups in total. The lowest BCUT2D eigenvalue weighted by Gasteiger charge is -2.09. The van der Waals surface area contributed by atoms with Crippen molar-refractivity contribution in [2.24, 2.45) is 0 Å². The number of hydrogen-bond acceptors (Lipinski definition) is 3. The first-order chi connectivity index (χ1) is 13.5. The smallest absolute Gasteiger partial charge is 0.251 e. The molecule has 0 saturated carbocycles. The molecule has 0 aliphatic heterocycles. The number of halogens is 1. The van der Waals surface area contributed by atoms with Gasteiger partial charge < -0.3 is 9.73 Å². The molecule has 5 heteroatoms. The number of amides is 1. The van der Waals surface area contributed by atoms with Gasteiger partial charge in [0.1, 0.15) is 11.5 Å². The number of carbonyl (C=O) groups excluding carboxylic acids is 1. The maximum atomic E-state index is 12.3. The molecule has 0 radical (unpaired) electrons. The highest BCUT2D eigenvalue weighted by Gasteiger charge is 2.10. The predicted octanol–water partition coefficient (Wildman–Crippen LogP) is 5.70. The number of aryl methyl sites for hydroxylation is 2. The summed E-state index contributed by atoms with van der Waals surface area (Å²) in [7, 11) is 0. The molecule has 0 aliphatic carbocycles. The molecule has 0 spiro atoms. The van der Waals surface area contributed by atoms with Gasteiger partial charge in [0.2, 0.25) is 0 Å². The van der Waals surface area contributed by atoms with Crippen molar-refractivity contribution in [1.29, 1.82) is 0 Å². The number of aromatic nitrogens is 1. The molecule has 2 aromatic carbocycles. The molecular weight excluding hydrogens is 372 g/mol. The van der Waals surface area contributed by atoms with E-state index in [0.717, 1.165) is 39.2 Å². The van der Waals surface area contributed by atoms with E-state index >= 15 is 0 Å². The van der Waals surface area contributed by atoms with Crippen molar-refractivity contribution in [2.75, 3.05) is 0 Å². The summed E-state index contributed by atoms with van der Waals surface area (Å²) in [5.74, 6) is 1.47. The molecule has 0 saturated heterocycles. The summed E-state index contributed by atoms with van der Waals surface area (Å²) in [4.78, 5) is 17.0. The van der Waals surface area contributed by atoms with Crippen molar-refractivity contribution in [1.82, 2.24) is 10.3 Å². The van der Waals surface area contributed by atoms with Gasteiger partial charge in [0.05, 0.1) is 5.52 Å². The van der Waals surface area contributed by atoms with Crippen LogP contribution in [-0.2, 0) is 6.54 Å². The van der Waals surface area contributed by atoms with E-state index in [0.29, 0.717) is 17.1 Å². The fourth-order valence-electron chi connectivity index (χ4n) is 3.16. The summed E-state index contributed by atoms with van der Waals surface area (Å²) >= 11 is 5.95. The number of fused-ring (bicyclic) bond motifs is 1. The molecule has 4 aromatic rings. The van der Waals surface area contributed by atoms with E-state index in [1.807, 2.05) is 37.3 Å². The molecule has 0 unspecified atom stereocenters. The van der Waals surface area contributed by atoms with Gasteiger partial charge in [0.25, 0.3) is 5.91 Å². The molecule has 1 amide bonds. The average molecular weight is 391 g/mol. The van der Waals surface area contributed by atoms with Gasteiger partial charge in [-0.2, -0.15) is 0 Å². The maximum absolute atomic E-state index is 12.3. The number of nitrogens with zero attached hydrogens (tertiary/aromatic N) is 1. The van der Waals surface area contributed by atoms with Crippen molar-refractivity contribution < 1.29 is 9.21 Å². The van der Waals surface area contributed by atoms with E-state index in [4.69, 9.17) is 21.0 Å². The lowest BCUT2D eigenvalue weighted by atomic mass is 10.0.